The van der Waals surface area contributed by atoms with E-state index in [1.165, 1.54) is 4.31 Å². The van der Waals surface area contributed by atoms with Gasteiger partial charge in [-0.25, -0.2) is 8.42 Å². The largest absolute Gasteiger partial charge is 0.326 e. The maximum absolute atomic E-state index is 13.2. The fourth-order valence-corrected chi connectivity index (χ4v) is 5.45. The summed E-state index contributed by atoms with van der Waals surface area (Å²) in [6.07, 6.45) is 1.33. The number of amides is 1. The minimum atomic E-state index is -3.65. The van der Waals surface area contributed by atoms with Crippen molar-refractivity contribution >= 4 is 48.3 Å². The Morgan fingerprint density at radius 1 is 1.00 bits per heavy atom. The quantitative estimate of drug-likeness (QED) is 0.601. The van der Waals surface area contributed by atoms with E-state index in [2.05, 4.69) is 21.2 Å². The van der Waals surface area contributed by atoms with Crippen LogP contribution in [0.2, 0.25) is 0 Å². The molecule has 1 heterocycles. The number of halogens is 1. The predicted octanol–water partition coefficient (Wildman–Crippen LogP) is 4.64. The van der Waals surface area contributed by atoms with E-state index in [1.54, 1.807) is 12.1 Å². The van der Waals surface area contributed by atoms with Crippen LogP contribution in [0.1, 0.15) is 12.8 Å². The molecule has 1 atom stereocenters. The molecule has 3 aromatic carbocycles. The van der Waals surface area contributed by atoms with Crippen molar-refractivity contribution in [3.63, 3.8) is 0 Å². The zero-order valence-corrected chi connectivity index (χ0v) is 18.1. The highest BCUT2D eigenvalue weighted by Gasteiger charge is 2.33. The van der Waals surface area contributed by atoms with Crippen molar-refractivity contribution in [1.82, 2.24) is 4.31 Å². The first-order chi connectivity index (χ1) is 13.9. The number of nitrogens with one attached hydrogen (secondary N) is 1. The van der Waals surface area contributed by atoms with Crippen LogP contribution < -0.4 is 5.32 Å². The van der Waals surface area contributed by atoms with Gasteiger partial charge in [0.05, 0.1) is 10.8 Å². The summed E-state index contributed by atoms with van der Waals surface area (Å²) in [7, 11) is -3.65. The zero-order valence-electron chi connectivity index (χ0n) is 15.7. The van der Waals surface area contributed by atoms with E-state index >= 15 is 0 Å². The number of benzene rings is 3. The van der Waals surface area contributed by atoms with Crippen molar-refractivity contribution in [3.8, 4) is 0 Å². The molecule has 1 saturated heterocycles. The monoisotopic (exact) mass is 472 g/mol. The lowest BCUT2D eigenvalue weighted by Gasteiger charge is -2.31. The van der Waals surface area contributed by atoms with Gasteiger partial charge in [-0.3, -0.25) is 4.79 Å². The molecule has 29 heavy (non-hydrogen) atoms. The minimum Gasteiger partial charge on any atom is -0.326 e. The lowest BCUT2D eigenvalue weighted by atomic mass is 9.99. The molecule has 5 nitrogen and oxygen atoms in total. The molecule has 1 aliphatic rings. The van der Waals surface area contributed by atoms with Crippen LogP contribution in [0.4, 0.5) is 5.69 Å². The smallest absolute Gasteiger partial charge is 0.243 e. The maximum Gasteiger partial charge on any atom is 0.243 e. The second-order valence-corrected chi connectivity index (χ2v) is 10.1. The number of anilines is 1. The SMILES string of the molecule is O=C(Nc1ccc(Br)cc1)[C@@H]1CCCN(S(=O)(=O)c2ccc3ccccc3c2)C1. The Hall–Kier alpha value is -2.22. The molecule has 0 radical (unpaired) electrons. The van der Waals surface area contributed by atoms with Gasteiger partial charge in [0.15, 0.2) is 0 Å². The van der Waals surface area contributed by atoms with Gasteiger partial charge in [0.1, 0.15) is 0 Å². The summed E-state index contributed by atoms with van der Waals surface area (Å²) in [5, 5.41) is 4.77. The van der Waals surface area contributed by atoms with Crippen molar-refractivity contribution in [3.05, 3.63) is 71.2 Å². The molecule has 0 saturated carbocycles. The first kappa shape index (κ1) is 20.1. The summed E-state index contributed by atoms with van der Waals surface area (Å²) in [6, 6.07) is 20.2. The van der Waals surface area contributed by atoms with Gasteiger partial charge >= 0.3 is 0 Å². The molecule has 1 amide bonds. The molecule has 1 aliphatic heterocycles. The molecule has 0 spiro atoms. The molecule has 1 fully saturated rings. The number of piperidine rings is 1. The van der Waals surface area contributed by atoms with E-state index in [4.69, 9.17) is 0 Å². The Bertz CT molecular complexity index is 1150. The second kappa shape index (κ2) is 8.26. The number of nitrogens with zero attached hydrogens (tertiary/aromatic N) is 1. The topological polar surface area (TPSA) is 66.5 Å². The molecule has 7 heteroatoms. The highest BCUT2D eigenvalue weighted by molar-refractivity contribution is 9.10. The van der Waals surface area contributed by atoms with Crippen LogP contribution in [0, 0.1) is 5.92 Å². The molecule has 1 N–H and O–H groups in total. The Balaban J connectivity index is 1.51. The normalized spacial score (nSPS) is 17.9. The molecule has 0 unspecified atom stereocenters. The average molecular weight is 473 g/mol. The number of rotatable bonds is 4. The van der Waals surface area contributed by atoms with E-state index in [0.29, 0.717) is 25.1 Å². The van der Waals surface area contributed by atoms with Crippen molar-refractivity contribution in [2.45, 2.75) is 17.7 Å². The van der Waals surface area contributed by atoms with Gasteiger partial charge in [-0.2, -0.15) is 4.31 Å². The molecule has 0 aromatic heterocycles. The Labute approximate surface area is 178 Å². The fraction of sp³-hybridized carbons (Fsp3) is 0.227. The highest BCUT2D eigenvalue weighted by atomic mass is 79.9. The van der Waals surface area contributed by atoms with Crippen molar-refractivity contribution in [1.29, 1.82) is 0 Å². The molecule has 0 aliphatic carbocycles. The fourth-order valence-electron chi connectivity index (χ4n) is 3.63. The third-order valence-electron chi connectivity index (χ3n) is 5.23. The summed E-state index contributed by atoms with van der Waals surface area (Å²) in [4.78, 5) is 13.0. The number of carbonyl (C=O) groups is 1. The molecular weight excluding hydrogens is 452 g/mol. The van der Waals surface area contributed by atoms with Crippen LogP contribution in [0.3, 0.4) is 0 Å². The van der Waals surface area contributed by atoms with Crippen LogP contribution in [0.5, 0.6) is 0 Å². The summed E-state index contributed by atoms with van der Waals surface area (Å²) >= 11 is 3.37. The van der Waals surface area contributed by atoms with Gasteiger partial charge in [-0.1, -0.05) is 46.3 Å². The average Bonchev–Trinajstić information content (AvgIpc) is 2.75. The molecular formula is C22H21BrN2O3S. The zero-order chi connectivity index (χ0) is 20.4. The van der Waals surface area contributed by atoms with E-state index < -0.39 is 10.0 Å². The first-order valence-electron chi connectivity index (χ1n) is 9.49. The molecule has 3 aromatic rings. The number of hydrogen-bond donors (Lipinski definition) is 1. The number of hydrogen-bond acceptors (Lipinski definition) is 3. The number of fused-ring (bicyclic) bond motifs is 1. The maximum atomic E-state index is 13.2. The van der Waals surface area contributed by atoms with Crippen molar-refractivity contribution in [2.24, 2.45) is 5.92 Å². The summed E-state index contributed by atoms with van der Waals surface area (Å²) in [5.41, 5.74) is 0.702. The van der Waals surface area contributed by atoms with Gasteiger partial charge in [-0.15, -0.1) is 0 Å². The van der Waals surface area contributed by atoms with E-state index in [0.717, 1.165) is 15.2 Å². The van der Waals surface area contributed by atoms with Crippen LogP contribution >= 0.6 is 15.9 Å². The Kier molecular flexibility index (Phi) is 5.72. The summed E-state index contributed by atoms with van der Waals surface area (Å²) < 4.78 is 28.7. The molecule has 150 valence electrons. The summed E-state index contributed by atoms with van der Waals surface area (Å²) in [5.74, 6) is -0.520. The van der Waals surface area contributed by atoms with Gasteiger partial charge in [0.2, 0.25) is 15.9 Å². The van der Waals surface area contributed by atoms with E-state index in [-0.39, 0.29) is 23.3 Å². The Morgan fingerprint density at radius 2 is 1.72 bits per heavy atom. The van der Waals surface area contributed by atoms with Crippen LogP contribution in [0.25, 0.3) is 10.8 Å². The third kappa shape index (κ3) is 4.37. The van der Waals surface area contributed by atoms with E-state index in [9.17, 15) is 13.2 Å². The molecule has 4 rings (SSSR count). The van der Waals surface area contributed by atoms with Crippen LogP contribution in [0.15, 0.2) is 76.1 Å². The van der Waals surface area contributed by atoms with Crippen molar-refractivity contribution in [2.75, 3.05) is 18.4 Å². The van der Waals surface area contributed by atoms with Crippen LogP contribution in [-0.2, 0) is 14.8 Å². The van der Waals surface area contributed by atoms with Crippen LogP contribution in [-0.4, -0.2) is 31.7 Å². The first-order valence-corrected chi connectivity index (χ1v) is 11.7. The van der Waals surface area contributed by atoms with Gasteiger partial charge in [0.25, 0.3) is 0 Å². The van der Waals surface area contributed by atoms with Crippen molar-refractivity contribution < 1.29 is 13.2 Å². The predicted molar refractivity (Wildman–Crippen MR) is 118 cm³/mol. The standard InChI is InChI=1S/C22H21BrN2O3S/c23-19-8-10-20(11-9-19)24-22(26)18-6-3-13-25(15-18)29(27,28)21-12-7-16-4-1-2-5-17(16)14-21/h1-2,4-5,7-12,14,18H,3,6,13,15H2,(H,24,26)/t18-/m1/s1. The Morgan fingerprint density at radius 3 is 2.48 bits per heavy atom. The number of carbonyl (C=O) groups excluding carboxylic acids is 1. The second-order valence-electron chi connectivity index (χ2n) is 7.21. The molecule has 0 bridgehead atoms. The third-order valence-corrected chi connectivity index (χ3v) is 7.62. The van der Waals surface area contributed by atoms with E-state index in [1.807, 2.05) is 54.6 Å². The lowest BCUT2D eigenvalue weighted by Crippen LogP contribution is -2.43. The minimum absolute atomic E-state index is 0.147. The van der Waals surface area contributed by atoms with Gasteiger partial charge in [-0.05, 0) is 60.0 Å². The lowest BCUT2D eigenvalue weighted by molar-refractivity contribution is -0.120. The number of sulfonamides is 1. The van der Waals surface area contributed by atoms with Gasteiger partial charge in [0, 0.05) is 23.2 Å². The summed E-state index contributed by atoms with van der Waals surface area (Å²) in [6.45, 7) is 0.620. The van der Waals surface area contributed by atoms with Gasteiger partial charge < -0.3 is 5.32 Å². The highest BCUT2D eigenvalue weighted by Crippen LogP contribution is 2.27.